The van der Waals surface area contributed by atoms with Crippen molar-refractivity contribution in [3.8, 4) is 0 Å². The molecule has 114 valence electrons. The minimum Gasteiger partial charge on any atom is -0.391 e. The maximum atomic E-state index is 9.74. The van der Waals surface area contributed by atoms with Gasteiger partial charge in [0, 0.05) is 0 Å². The average molecular weight is 284 g/mol. The fourth-order valence-corrected chi connectivity index (χ4v) is 1.85. The monoisotopic (exact) mass is 284 g/mol. The maximum Gasteiger partial charge on any atom is 0.184 e. The van der Waals surface area contributed by atoms with Crippen molar-refractivity contribution in [3.63, 3.8) is 0 Å². The summed E-state index contributed by atoms with van der Waals surface area (Å²) >= 11 is 0. The molecule has 1 rings (SSSR count). The Morgan fingerprint density at radius 2 is 1.32 bits per heavy atom. The SMILES string of the molecule is C[C@@H](O)[C@@H](O)[C@H](O)[C@@H](O)[C@H]1OC(O)[C@H](O)[C@@H](O)[C@H]1O. The van der Waals surface area contributed by atoms with E-state index in [4.69, 9.17) is 5.11 Å². The van der Waals surface area contributed by atoms with Crippen LogP contribution in [0.15, 0.2) is 0 Å². The van der Waals surface area contributed by atoms with E-state index in [1.54, 1.807) is 0 Å². The molecule has 9 atom stereocenters. The molecule has 0 saturated carbocycles. The van der Waals surface area contributed by atoms with Gasteiger partial charge >= 0.3 is 0 Å². The van der Waals surface area contributed by atoms with Crippen LogP contribution in [-0.2, 0) is 4.74 Å². The molecular weight excluding hydrogens is 264 g/mol. The second-order valence-electron chi connectivity index (χ2n) is 4.68. The van der Waals surface area contributed by atoms with Gasteiger partial charge in [-0.3, -0.25) is 0 Å². The van der Waals surface area contributed by atoms with Crippen LogP contribution in [0.25, 0.3) is 0 Å². The van der Waals surface area contributed by atoms with Crippen LogP contribution in [0.2, 0.25) is 0 Å². The molecular formula is C10H20O9. The summed E-state index contributed by atoms with van der Waals surface area (Å²) in [6, 6.07) is 0. The first-order chi connectivity index (χ1) is 8.68. The van der Waals surface area contributed by atoms with Gasteiger partial charge in [0.2, 0.25) is 0 Å². The van der Waals surface area contributed by atoms with Gasteiger partial charge in [-0.15, -0.1) is 0 Å². The molecule has 0 aromatic heterocycles. The van der Waals surface area contributed by atoms with Crippen molar-refractivity contribution < 1.29 is 45.6 Å². The van der Waals surface area contributed by atoms with E-state index in [9.17, 15) is 35.7 Å². The maximum absolute atomic E-state index is 9.74. The van der Waals surface area contributed by atoms with Crippen LogP contribution < -0.4 is 0 Å². The van der Waals surface area contributed by atoms with Crippen molar-refractivity contribution in [1.82, 2.24) is 0 Å². The van der Waals surface area contributed by atoms with Gasteiger partial charge in [-0.05, 0) is 6.92 Å². The summed E-state index contributed by atoms with van der Waals surface area (Å²) in [6.45, 7) is 1.17. The lowest BCUT2D eigenvalue weighted by Crippen LogP contribution is -2.63. The van der Waals surface area contributed by atoms with Crippen molar-refractivity contribution in [2.75, 3.05) is 0 Å². The second kappa shape index (κ2) is 6.39. The Hall–Kier alpha value is -0.360. The highest BCUT2D eigenvalue weighted by molar-refractivity contribution is 4.95. The number of aliphatic hydroxyl groups excluding tert-OH is 8. The Bertz CT molecular complexity index is 286. The number of ether oxygens (including phenoxy) is 1. The van der Waals surface area contributed by atoms with E-state index in [0.29, 0.717) is 0 Å². The molecule has 9 heteroatoms. The standard InChI is InChI=1S/C10H20O9/c1-2(11)3(12)4(13)6(15)9-7(16)5(14)8(17)10(18)19-9/h2-18H,1H3/t2-,3-,4+,5+,6-,7-,8-,9-,10?/m1/s1. The largest absolute Gasteiger partial charge is 0.391 e. The third kappa shape index (κ3) is 3.40. The van der Waals surface area contributed by atoms with Crippen LogP contribution >= 0.6 is 0 Å². The van der Waals surface area contributed by atoms with E-state index in [0.717, 1.165) is 0 Å². The number of rotatable bonds is 4. The van der Waals surface area contributed by atoms with Gasteiger partial charge in [-0.2, -0.15) is 0 Å². The molecule has 0 radical (unpaired) electrons. The Labute approximate surface area is 108 Å². The summed E-state index contributed by atoms with van der Waals surface area (Å²) in [5.41, 5.74) is 0. The lowest BCUT2D eigenvalue weighted by molar-refractivity contribution is -0.305. The Morgan fingerprint density at radius 1 is 0.789 bits per heavy atom. The molecule has 19 heavy (non-hydrogen) atoms. The van der Waals surface area contributed by atoms with E-state index < -0.39 is 55.1 Å². The minimum atomic E-state index is -1.89. The summed E-state index contributed by atoms with van der Waals surface area (Å²) in [5, 5.41) is 75.3. The molecule has 1 saturated heterocycles. The van der Waals surface area contributed by atoms with Crippen LogP contribution in [-0.4, -0.2) is 96.0 Å². The lowest BCUT2D eigenvalue weighted by atomic mass is 9.90. The predicted octanol–water partition coefficient (Wildman–Crippen LogP) is -4.75. The minimum absolute atomic E-state index is 1.17. The molecule has 1 aliphatic rings. The van der Waals surface area contributed by atoms with Crippen molar-refractivity contribution in [2.45, 2.75) is 62.0 Å². The van der Waals surface area contributed by atoms with Gasteiger partial charge in [0.15, 0.2) is 6.29 Å². The van der Waals surface area contributed by atoms with Crippen LogP contribution in [0.3, 0.4) is 0 Å². The third-order valence-electron chi connectivity index (χ3n) is 3.16. The fourth-order valence-electron chi connectivity index (χ4n) is 1.85. The number of hydrogen-bond donors (Lipinski definition) is 8. The first-order valence-electron chi connectivity index (χ1n) is 5.78. The average Bonchev–Trinajstić information content (AvgIpc) is 2.37. The number of aliphatic hydroxyl groups is 8. The van der Waals surface area contributed by atoms with Crippen molar-refractivity contribution in [1.29, 1.82) is 0 Å². The Balaban J connectivity index is 2.78. The first-order valence-corrected chi connectivity index (χ1v) is 5.78. The van der Waals surface area contributed by atoms with E-state index in [1.165, 1.54) is 6.92 Å². The van der Waals surface area contributed by atoms with Gasteiger partial charge in [0.05, 0.1) is 6.10 Å². The molecule has 9 nitrogen and oxygen atoms in total. The lowest BCUT2D eigenvalue weighted by Gasteiger charge is -2.41. The van der Waals surface area contributed by atoms with E-state index in [1.807, 2.05) is 0 Å². The topological polar surface area (TPSA) is 171 Å². The Kier molecular flexibility index (Phi) is 5.62. The summed E-state index contributed by atoms with van der Waals surface area (Å²) < 4.78 is 4.69. The highest BCUT2D eigenvalue weighted by Gasteiger charge is 2.48. The molecule has 1 unspecified atom stereocenters. The van der Waals surface area contributed by atoms with Crippen molar-refractivity contribution >= 4 is 0 Å². The van der Waals surface area contributed by atoms with Gasteiger partial charge in [0.25, 0.3) is 0 Å². The van der Waals surface area contributed by atoms with Crippen LogP contribution in [0.5, 0.6) is 0 Å². The zero-order valence-electron chi connectivity index (χ0n) is 10.2. The molecule has 0 bridgehead atoms. The fraction of sp³-hybridized carbons (Fsp3) is 1.00. The van der Waals surface area contributed by atoms with Gasteiger partial charge in [-0.25, -0.2) is 0 Å². The highest BCUT2D eigenvalue weighted by atomic mass is 16.6. The van der Waals surface area contributed by atoms with Gasteiger partial charge in [-0.1, -0.05) is 0 Å². The predicted molar refractivity (Wildman–Crippen MR) is 58.6 cm³/mol. The number of hydrogen-bond acceptors (Lipinski definition) is 9. The zero-order valence-corrected chi connectivity index (χ0v) is 10.2. The smallest absolute Gasteiger partial charge is 0.184 e. The van der Waals surface area contributed by atoms with Crippen molar-refractivity contribution in [2.24, 2.45) is 0 Å². The van der Waals surface area contributed by atoms with Crippen LogP contribution in [0.4, 0.5) is 0 Å². The molecule has 8 N–H and O–H groups in total. The van der Waals surface area contributed by atoms with Crippen LogP contribution in [0.1, 0.15) is 6.92 Å². The van der Waals surface area contributed by atoms with E-state index in [-0.39, 0.29) is 0 Å². The first kappa shape index (κ1) is 16.7. The van der Waals surface area contributed by atoms with E-state index in [2.05, 4.69) is 4.74 Å². The van der Waals surface area contributed by atoms with Crippen molar-refractivity contribution in [3.05, 3.63) is 0 Å². The highest BCUT2D eigenvalue weighted by Crippen LogP contribution is 2.24. The van der Waals surface area contributed by atoms with Gasteiger partial charge < -0.3 is 45.6 Å². The summed E-state index contributed by atoms with van der Waals surface area (Å²) in [5.74, 6) is 0. The molecule has 0 aliphatic carbocycles. The van der Waals surface area contributed by atoms with Gasteiger partial charge in [0.1, 0.15) is 42.7 Å². The summed E-state index contributed by atoms with van der Waals surface area (Å²) in [4.78, 5) is 0. The molecule has 0 aromatic rings. The third-order valence-corrected chi connectivity index (χ3v) is 3.16. The molecule has 0 amide bonds. The molecule has 0 aromatic carbocycles. The van der Waals surface area contributed by atoms with E-state index >= 15 is 0 Å². The summed E-state index contributed by atoms with van der Waals surface area (Å²) in [7, 11) is 0. The normalized spacial score (nSPS) is 42.5. The quantitative estimate of drug-likeness (QED) is 0.252. The second-order valence-corrected chi connectivity index (χ2v) is 4.68. The summed E-state index contributed by atoms with van der Waals surface area (Å²) in [6.07, 6.45) is -15.7. The molecule has 1 heterocycles. The molecule has 1 fully saturated rings. The zero-order chi connectivity index (χ0) is 14.9. The molecule has 0 spiro atoms. The molecule has 1 aliphatic heterocycles. The Morgan fingerprint density at radius 3 is 1.79 bits per heavy atom. The van der Waals surface area contributed by atoms with Crippen LogP contribution in [0, 0.1) is 0 Å².